The van der Waals surface area contributed by atoms with Crippen LogP contribution in [0.5, 0.6) is 0 Å². The van der Waals surface area contributed by atoms with Crippen molar-refractivity contribution in [3.05, 3.63) is 138 Å². The number of piperidine rings is 1. The maximum absolute atomic E-state index is 14.2. The van der Waals surface area contributed by atoms with Crippen molar-refractivity contribution in [2.75, 3.05) is 31.2 Å². The molecule has 10 heteroatoms. The molecule has 0 saturated carbocycles. The summed E-state index contributed by atoms with van der Waals surface area (Å²) in [5.74, 6) is -1.18. The molecule has 2 aliphatic rings. The van der Waals surface area contributed by atoms with Gasteiger partial charge in [0, 0.05) is 25.3 Å². The first kappa shape index (κ1) is 31.8. The van der Waals surface area contributed by atoms with Gasteiger partial charge in [0.1, 0.15) is 12.1 Å². The predicted molar refractivity (Wildman–Crippen MR) is 172 cm³/mol. The Labute approximate surface area is 271 Å². The number of benzene rings is 4. The van der Waals surface area contributed by atoms with Gasteiger partial charge in [0.2, 0.25) is 11.8 Å². The molecule has 1 spiro atoms. The fourth-order valence-electron chi connectivity index (χ4n) is 6.66. The minimum absolute atomic E-state index is 0.0280. The van der Waals surface area contributed by atoms with Crippen LogP contribution in [-0.4, -0.2) is 59.4 Å². The molecule has 0 atom stereocenters. The number of likely N-dealkylation sites (tertiary alicyclic amines) is 1. The molecule has 0 bridgehead atoms. The maximum Gasteiger partial charge on any atom is 0.416 e. The molecular formula is C37H35F3N4O3. The molecule has 2 heterocycles. The second kappa shape index (κ2) is 13.3. The molecular weight excluding hydrogens is 605 g/mol. The number of carbonyl (C=O) groups is 3. The van der Waals surface area contributed by atoms with Gasteiger partial charge in [-0.15, -0.1) is 0 Å². The van der Waals surface area contributed by atoms with Crippen molar-refractivity contribution in [3.63, 3.8) is 0 Å². The molecule has 4 aromatic carbocycles. The molecule has 3 amide bonds. The number of nitrogens with zero attached hydrogens (tertiary/aromatic N) is 3. The Morgan fingerprint density at radius 3 is 1.94 bits per heavy atom. The zero-order chi connectivity index (χ0) is 33.0. The van der Waals surface area contributed by atoms with Crippen LogP contribution in [0.2, 0.25) is 0 Å². The van der Waals surface area contributed by atoms with Gasteiger partial charge in [-0.25, -0.2) is 0 Å². The van der Waals surface area contributed by atoms with E-state index in [0.717, 1.165) is 28.9 Å². The third kappa shape index (κ3) is 6.72. The van der Waals surface area contributed by atoms with Crippen molar-refractivity contribution in [3.8, 4) is 0 Å². The number of nitrogens with one attached hydrogen (secondary N) is 1. The van der Waals surface area contributed by atoms with E-state index in [9.17, 15) is 27.6 Å². The largest absolute Gasteiger partial charge is 0.416 e. The summed E-state index contributed by atoms with van der Waals surface area (Å²) in [5, 5.41) is 2.66. The van der Waals surface area contributed by atoms with E-state index < -0.39 is 29.1 Å². The Hall–Kier alpha value is -5.12. The highest BCUT2D eigenvalue weighted by molar-refractivity contribution is 5.96. The summed E-state index contributed by atoms with van der Waals surface area (Å²) in [6.07, 6.45) is -3.72. The monoisotopic (exact) mass is 640 g/mol. The van der Waals surface area contributed by atoms with Crippen molar-refractivity contribution < 1.29 is 27.6 Å². The van der Waals surface area contributed by atoms with Crippen LogP contribution in [0.3, 0.4) is 0 Å². The molecule has 2 saturated heterocycles. The topological polar surface area (TPSA) is 73.0 Å². The van der Waals surface area contributed by atoms with Crippen LogP contribution in [0.15, 0.2) is 115 Å². The van der Waals surface area contributed by atoms with Crippen LogP contribution in [0.1, 0.15) is 41.0 Å². The van der Waals surface area contributed by atoms with Gasteiger partial charge < -0.3 is 20.0 Å². The second-order valence-corrected chi connectivity index (χ2v) is 12.0. The van der Waals surface area contributed by atoms with Crippen molar-refractivity contribution in [1.82, 2.24) is 15.1 Å². The van der Waals surface area contributed by atoms with Gasteiger partial charge in [0.15, 0.2) is 0 Å². The minimum atomic E-state index is -4.48. The maximum atomic E-state index is 14.2. The first-order valence-corrected chi connectivity index (χ1v) is 15.6. The fraction of sp³-hybridized carbons (Fsp3) is 0.270. The fourth-order valence-corrected chi connectivity index (χ4v) is 6.66. The van der Waals surface area contributed by atoms with Gasteiger partial charge in [0.25, 0.3) is 5.91 Å². The molecule has 0 radical (unpaired) electrons. The zero-order valence-corrected chi connectivity index (χ0v) is 25.7. The highest BCUT2D eigenvalue weighted by atomic mass is 19.4. The van der Waals surface area contributed by atoms with Gasteiger partial charge in [-0.05, 0) is 53.8 Å². The van der Waals surface area contributed by atoms with Crippen molar-refractivity contribution >= 4 is 23.4 Å². The number of halogens is 3. The molecule has 47 heavy (non-hydrogen) atoms. The molecule has 0 aromatic heterocycles. The molecule has 4 aromatic rings. The zero-order valence-electron chi connectivity index (χ0n) is 25.7. The number of amides is 3. The molecule has 242 valence electrons. The van der Waals surface area contributed by atoms with Crippen LogP contribution >= 0.6 is 0 Å². The number of anilines is 1. The van der Waals surface area contributed by atoms with Crippen molar-refractivity contribution in [1.29, 1.82) is 0 Å². The summed E-state index contributed by atoms with van der Waals surface area (Å²) in [6, 6.07) is 33.6. The van der Waals surface area contributed by atoms with Crippen LogP contribution in [0, 0.1) is 0 Å². The van der Waals surface area contributed by atoms with Crippen molar-refractivity contribution in [2.24, 2.45) is 0 Å². The van der Waals surface area contributed by atoms with E-state index in [1.807, 2.05) is 101 Å². The average Bonchev–Trinajstić information content (AvgIpc) is 3.35. The van der Waals surface area contributed by atoms with Gasteiger partial charge in [-0.3, -0.25) is 14.4 Å². The lowest BCUT2D eigenvalue weighted by Gasteiger charge is -2.44. The standard InChI is InChI=1S/C37H35F3N4O3/c38-37(39,40)30-16-10-11-27(23-30)24-41-32(45)25-43-26-44(31-17-8-3-9-18-31)36(35(43)47)19-21-42(22-20-36)34(46)33(28-12-4-1-5-13-28)29-14-6-2-7-15-29/h1-18,23,33H,19-22,24-26H2,(H,41,45). The Morgan fingerprint density at radius 2 is 1.36 bits per heavy atom. The van der Waals surface area contributed by atoms with Gasteiger partial charge in [0.05, 0.1) is 18.2 Å². The molecule has 6 rings (SSSR count). The number of para-hydroxylation sites is 1. The third-order valence-corrected chi connectivity index (χ3v) is 9.08. The normalized spacial score (nSPS) is 16.2. The highest BCUT2D eigenvalue weighted by Gasteiger charge is 2.54. The second-order valence-electron chi connectivity index (χ2n) is 12.0. The Morgan fingerprint density at radius 1 is 0.787 bits per heavy atom. The van der Waals surface area contributed by atoms with E-state index in [0.29, 0.717) is 31.5 Å². The van der Waals surface area contributed by atoms with E-state index in [1.54, 1.807) is 0 Å². The molecule has 2 aliphatic heterocycles. The van der Waals surface area contributed by atoms with Gasteiger partial charge in [-0.2, -0.15) is 13.2 Å². The summed E-state index contributed by atoms with van der Waals surface area (Å²) in [7, 11) is 0. The summed E-state index contributed by atoms with van der Waals surface area (Å²) < 4.78 is 39.4. The lowest BCUT2D eigenvalue weighted by Crippen LogP contribution is -2.58. The summed E-state index contributed by atoms with van der Waals surface area (Å²) in [4.78, 5) is 46.6. The molecule has 0 aliphatic carbocycles. The first-order valence-electron chi connectivity index (χ1n) is 15.6. The van der Waals surface area contributed by atoms with E-state index in [2.05, 4.69) is 5.32 Å². The van der Waals surface area contributed by atoms with E-state index in [4.69, 9.17) is 0 Å². The lowest BCUT2D eigenvalue weighted by atomic mass is 9.83. The Bertz CT molecular complexity index is 1670. The number of alkyl halides is 3. The summed E-state index contributed by atoms with van der Waals surface area (Å²) >= 11 is 0. The number of carbonyl (C=O) groups excluding carboxylic acids is 3. The SMILES string of the molecule is O=C(CN1CN(c2ccccc2)C2(CCN(C(=O)C(c3ccccc3)c3ccccc3)CC2)C1=O)NCc1cccc(C(F)(F)F)c1. The number of hydrogen-bond donors (Lipinski definition) is 1. The Kier molecular flexibility index (Phi) is 9.02. The molecule has 1 N–H and O–H groups in total. The highest BCUT2D eigenvalue weighted by Crippen LogP contribution is 2.40. The van der Waals surface area contributed by atoms with E-state index in [1.165, 1.54) is 17.0 Å². The predicted octanol–water partition coefficient (Wildman–Crippen LogP) is 5.82. The van der Waals surface area contributed by atoms with E-state index >= 15 is 0 Å². The Balaban J connectivity index is 1.18. The van der Waals surface area contributed by atoms with Gasteiger partial charge in [-0.1, -0.05) is 91.0 Å². The van der Waals surface area contributed by atoms with Crippen molar-refractivity contribution in [2.45, 2.75) is 37.0 Å². The number of rotatable bonds is 8. The lowest BCUT2D eigenvalue weighted by molar-refractivity contribution is -0.140. The first-order chi connectivity index (χ1) is 22.7. The van der Waals surface area contributed by atoms with Crippen LogP contribution in [-0.2, 0) is 27.1 Å². The number of hydrogen-bond acceptors (Lipinski definition) is 4. The average molecular weight is 641 g/mol. The van der Waals surface area contributed by atoms with Gasteiger partial charge >= 0.3 is 6.18 Å². The van der Waals surface area contributed by atoms with Crippen LogP contribution in [0.25, 0.3) is 0 Å². The minimum Gasteiger partial charge on any atom is -0.350 e. The quantitative estimate of drug-likeness (QED) is 0.264. The smallest absolute Gasteiger partial charge is 0.350 e. The molecule has 2 fully saturated rings. The van der Waals surface area contributed by atoms with Crippen LogP contribution in [0.4, 0.5) is 18.9 Å². The molecule has 7 nitrogen and oxygen atoms in total. The van der Waals surface area contributed by atoms with Crippen LogP contribution < -0.4 is 10.2 Å². The third-order valence-electron chi connectivity index (χ3n) is 9.08. The molecule has 0 unspecified atom stereocenters. The van der Waals surface area contributed by atoms with E-state index in [-0.39, 0.29) is 31.6 Å². The summed E-state index contributed by atoms with van der Waals surface area (Å²) in [6.45, 7) is 0.554. The summed E-state index contributed by atoms with van der Waals surface area (Å²) in [5.41, 5.74) is 1.20.